The monoisotopic (exact) mass is 280 g/mol. The quantitative estimate of drug-likeness (QED) is 0.817. The first kappa shape index (κ1) is 16.3. The number of likely N-dealkylation sites (tertiary alicyclic amines) is 1. The van der Waals surface area contributed by atoms with Crippen LogP contribution in [-0.2, 0) is 0 Å². The molecular formula is C18H36N2. The molecule has 118 valence electrons. The molecule has 0 aromatic rings. The number of hydrogen-bond donors (Lipinski definition) is 1. The average molecular weight is 280 g/mol. The molecule has 1 saturated carbocycles. The summed E-state index contributed by atoms with van der Waals surface area (Å²) in [6, 6.07) is 2.40. The summed E-state index contributed by atoms with van der Waals surface area (Å²) in [5, 5.41) is 3.73. The predicted octanol–water partition coefficient (Wildman–Crippen LogP) is 4.05. The van der Waals surface area contributed by atoms with Crippen LogP contribution >= 0.6 is 0 Å². The highest BCUT2D eigenvalue weighted by Crippen LogP contribution is 2.36. The minimum atomic E-state index is 0.766. The van der Waals surface area contributed by atoms with Crippen molar-refractivity contribution >= 4 is 0 Å². The summed E-state index contributed by atoms with van der Waals surface area (Å²) < 4.78 is 0. The number of piperidine rings is 1. The van der Waals surface area contributed by atoms with E-state index in [0.29, 0.717) is 0 Å². The van der Waals surface area contributed by atoms with E-state index in [9.17, 15) is 0 Å². The maximum Gasteiger partial charge on any atom is 0.0129 e. The molecule has 0 aromatic heterocycles. The van der Waals surface area contributed by atoms with Gasteiger partial charge in [0.05, 0.1) is 0 Å². The molecule has 0 aromatic carbocycles. The van der Waals surface area contributed by atoms with Gasteiger partial charge in [0.1, 0.15) is 0 Å². The van der Waals surface area contributed by atoms with Gasteiger partial charge in [-0.05, 0) is 57.4 Å². The van der Waals surface area contributed by atoms with Gasteiger partial charge >= 0.3 is 0 Å². The predicted molar refractivity (Wildman–Crippen MR) is 88.1 cm³/mol. The minimum absolute atomic E-state index is 0.766. The van der Waals surface area contributed by atoms with Crippen LogP contribution < -0.4 is 5.32 Å². The van der Waals surface area contributed by atoms with Gasteiger partial charge in [-0.1, -0.05) is 33.6 Å². The van der Waals surface area contributed by atoms with E-state index in [1.165, 1.54) is 58.0 Å². The number of rotatable bonds is 5. The van der Waals surface area contributed by atoms with E-state index < -0.39 is 0 Å². The lowest BCUT2D eigenvalue weighted by Gasteiger charge is -2.48. The lowest BCUT2D eigenvalue weighted by Crippen LogP contribution is -2.54. The number of hydrogen-bond acceptors (Lipinski definition) is 2. The zero-order chi connectivity index (χ0) is 14.5. The van der Waals surface area contributed by atoms with Gasteiger partial charge < -0.3 is 5.32 Å². The Morgan fingerprint density at radius 1 is 1.15 bits per heavy atom. The number of nitrogens with one attached hydrogen (secondary N) is 1. The van der Waals surface area contributed by atoms with E-state index in [1.54, 1.807) is 0 Å². The van der Waals surface area contributed by atoms with E-state index in [2.05, 4.69) is 37.9 Å². The van der Waals surface area contributed by atoms with Crippen molar-refractivity contribution in [3.63, 3.8) is 0 Å². The van der Waals surface area contributed by atoms with Crippen molar-refractivity contribution in [1.29, 1.82) is 0 Å². The van der Waals surface area contributed by atoms with E-state index in [4.69, 9.17) is 0 Å². The fraction of sp³-hybridized carbons (Fsp3) is 1.00. The first-order valence-corrected chi connectivity index (χ1v) is 9.12. The summed E-state index contributed by atoms with van der Waals surface area (Å²) in [4.78, 5) is 2.87. The van der Waals surface area contributed by atoms with E-state index in [-0.39, 0.29) is 0 Å². The van der Waals surface area contributed by atoms with Crippen LogP contribution in [-0.4, -0.2) is 36.1 Å². The Balaban J connectivity index is 1.91. The third kappa shape index (κ3) is 3.98. The lowest BCUT2D eigenvalue weighted by molar-refractivity contribution is 0.0211. The molecule has 4 atom stereocenters. The summed E-state index contributed by atoms with van der Waals surface area (Å²) >= 11 is 0. The molecule has 1 N–H and O–H groups in total. The molecule has 2 aliphatic rings. The Labute approximate surface area is 126 Å². The summed E-state index contributed by atoms with van der Waals surface area (Å²) in [6.07, 6.45) is 9.78. The van der Waals surface area contributed by atoms with Crippen LogP contribution in [0.25, 0.3) is 0 Å². The topological polar surface area (TPSA) is 15.3 Å². The number of nitrogens with zero attached hydrogens (tertiary/aromatic N) is 1. The summed E-state index contributed by atoms with van der Waals surface area (Å²) in [7, 11) is 0. The van der Waals surface area contributed by atoms with Gasteiger partial charge in [-0.15, -0.1) is 0 Å². The third-order valence-electron chi connectivity index (χ3n) is 5.67. The summed E-state index contributed by atoms with van der Waals surface area (Å²) in [5.74, 6) is 1.79. The van der Waals surface area contributed by atoms with E-state index >= 15 is 0 Å². The van der Waals surface area contributed by atoms with Crippen molar-refractivity contribution in [3.05, 3.63) is 0 Å². The van der Waals surface area contributed by atoms with Crippen LogP contribution in [0.5, 0.6) is 0 Å². The highest BCUT2D eigenvalue weighted by molar-refractivity contribution is 4.92. The largest absolute Gasteiger partial charge is 0.314 e. The molecular weight excluding hydrogens is 244 g/mol. The van der Waals surface area contributed by atoms with Crippen LogP contribution in [0.15, 0.2) is 0 Å². The lowest BCUT2D eigenvalue weighted by atomic mass is 9.76. The van der Waals surface area contributed by atoms with Crippen molar-refractivity contribution < 1.29 is 0 Å². The Bertz CT molecular complexity index is 277. The Hall–Kier alpha value is -0.0800. The van der Waals surface area contributed by atoms with E-state index in [0.717, 1.165) is 30.0 Å². The molecule has 4 unspecified atom stereocenters. The van der Waals surface area contributed by atoms with E-state index in [1.807, 2.05) is 0 Å². The van der Waals surface area contributed by atoms with Crippen molar-refractivity contribution in [1.82, 2.24) is 10.2 Å². The van der Waals surface area contributed by atoms with Gasteiger partial charge in [-0.2, -0.15) is 0 Å². The fourth-order valence-electron chi connectivity index (χ4n) is 4.55. The molecule has 0 amide bonds. The van der Waals surface area contributed by atoms with Gasteiger partial charge in [0.15, 0.2) is 0 Å². The van der Waals surface area contributed by atoms with Crippen LogP contribution in [0.4, 0.5) is 0 Å². The van der Waals surface area contributed by atoms with Gasteiger partial charge in [0.25, 0.3) is 0 Å². The highest BCUT2D eigenvalue weighted by Gasteiger charge is 2.36. The van der Waals surface area contributed by atoms with Gasteiger partial charge in [0.2, 0.25) is 0 Å². The second kappa shape index (κ2) is 7.79. The zero-order valence-corrected chi connectivity index (χ0v) is 14.2. The maximum absolute atomic E-state index is 3.73. The minimum Gasteiger partial charge on any atom is -0.314 e. The molecule has 1 aliphatic heterocycles. The highest BCUT2D eigenvalue weighted by atomic mass is 15.2. The third-order valence-corrected chi connectivity index (χ3v) is 5.67. The second-order valence-electron chi connectivity index (χ2n) is 7.52. The van der Waals surface area contributed by atoms with Gasteiger partial charge in [0, 0.05) is 24.7 Å². The normalized spacial score (nSPS) is 36.5. The molecule has 2 rings (SSSR count). The molecule has 2 nitrogen and oxygen atoms in total. The molecule has 0 radical (unpaired) electrons. The fourth-order valence-corrected chi connectivity index (χ4v) is 4.55. The molecule has 20 heavy (non-hydrogen) atoms. The smallest absolute Gasteiger partial charge is 0.0129 e. The molecule has 1 heterocycles. The standard InChI is InChI=1S/C18H36N2/c1-5-11-19-16-10-12-20(15(4)13-16)18-9-7-6-8-17(18)14(2)3/h14-19H,5-13H2,1-4H3. The van der Waals surface area contributed by atoms with Crippen molar-refractivity contribution in [3.8, 4) is 0 Å². The first-order valence-electron chi connectivity index (χ1n) is 9.12. The average Bonchev–Trinajstić information content (AvgIpc) is 2.45. The Kier molecular flexibility index (Phi) is 6.35. The maximum atomic E-state index is 3.73. The van der Waals surface area contributed by atoms with Crippen LogP contribution in [0.1, 0.15) is 72.6 Å². The van der Waals surface area contributed by atoms with Crippen LogP contribution in [0.2, 0.25) is 0 Å². The summed E-state index contributed by atoms with van der Waals surface area (Å²) in [5.41, 5.74) is 0. The molecule has 1 aliphatic carbocycles. The Morgan fingerprint density at radius 2 is 1.90 bits per heavy atom. The molecule has 0 spiro atoms. The SMILES string of the molecule is CCCNC1CCN(C2CCCCC2C(C)C)C(C)C1. The zero-order valence-electron chi connectivity index (χ0n) is 14.2. The molecule has 1 saturated heterocycles. The summed E-state index contributed by atoms with van der Waals surface area (Å²) in [6.45, 7) is 12.1. The van der Waals surface area contributed by atoms with Gasteiger partial charge in [-0.25, -0.2) is 0 Å². The van der Waals surface area contributed by atoms with Crippen molar-refractivity contribution in [2.45, 2.75) is 90.8 Å². The molecule has 2 heteroatoms. The van der Waals surface area contributed by atoms with Gasteiger partial charge in [-0.3, -0.25) is 4.90 Å². The second-order valence-corrected chi connectivity index (χ2v) is 7.52. The first-order chi connectivity index (χ1) is 9.63. The van der Waals surface area contributed by atoms with Crippen molar-refractivity contribution in [2.24, 2.45) is 11.8 Å². The Morgan fingerprint density at radius 3 is 2.55 bits per heavy atom. The van der Waals surface area contributed by atoms with Crippen molar-refractivity contribution in [2.75, 3.05) is 13.1 Å². The van der Waals surface area contributed by atoms with Crippen LogP contribution in [0.3, 0.4) is 0 Å². The van der Waals surface area contributed by atoms with Crippen LogP contribution in [0, 0.1) is 11.8 Å². The molecule has 2 fully saturated rings. The molecule has 0 bridgehead atoms.